The van der Waals surface area contributed by atoms with E-state index in [9.17, 15) is 5.26 Å². The lowest BCUT2D eigenvalue weighted by Gasteiger charge is -2.48. The van der Waals surface area contributed by atoms with Gasteiger partial charge in [0.1, 0.15) is 17.8 Å². The molecule has 1 aromatic rings. The van der Waals surface area contributed by atoms with Gasteiger partial charge in [-0.15, -0.1) is 0 Å². The number of nitrogens with zero attached hydrogens (tertiary/aromatic N) is 4. The summed E-state index contributed by atoms with van der Waals surface area (Å²) in [4.78, 5) is 13.8. The normalized spacial score (nSPS) is 25.2. The summed E-state index contributed by atoms with van der Waals surface area (Å²) in [6.45, 7) is 7.58. The van der Waals surface area contributed by atoms with Gasteiger partial charge in [0.25, 0.3) is 0 Å². The second kappa shape index (κ2) is 8.00. The van der Waals surface area contributed by atoms with Crippen molar-refractivity contribution < 1.29 is 4.84 Å². The van der Waals surface area contributed by atoms with Gasteiger partial charge in [-0.2, -0.15) is 10.3 Å². The molecule has 1 spiro atoms. The van der Waals surface area contributed by atoms with Gasteiger partial charge in [-0.1, -0.05) is 45.4 Å². The Hall–Kier alpha value is -3.04. The van der Waals surface area contributed by atoms with Crippen LogP contribution in [0.25, 0.3) is 0 Å². The van der Waals surface area contributed by atoms with Crippen molar-refractivity contribution in [3.8, 4) is 11.8 Å². The maximum atomic E-state index is 9.46. The van der Waals surface area contributed by atoms with Crippen molar-refractivity contribution >= 4 is 5.71 Å². The van der Waals surface area contributed by atoms with E-state index in [1.54, 1.807) is 11.1 Å². The van der Waals surface area contributed by atoms with Crippen LogP contribution in [0, 0.1) is 17.2 Å². The van der Waals surface area contributed by atoms with Crippen LogP contribution in [0.1, 0.15) is 45.6 Å². The molecule has 0 radical (unpaired) electrons. The van der Waals surface area contributed by atoms with E-state index in [-0.39, 0.29) is 6.17 Å². The van der Waals surface area contributed by atoms with E-state index in [1.807, 2.05) is 36.6 Å². The van der Waals surface area contributed by atoms with Crippen LogP contribution in [-0.2, 0) is 0 Å². The average Bonchev–Trinajstić information content (AvgIpc) is 3.02. The van der Waals surface area contributed by atoms with Gasteiger partial charge in [0.15, 0.2) is 5.75 Å². The zero-order valence-electron chi connectivity index (χ0n) is 17.9. The molecule has 0 saturated heterocycles. The Bertz CT molecular complexity index is 984. The molecule has 2 aliphatic heterocycles. The number of nitriles is 1. The van der Waals surface area contributed by atoms with E-state index in [0.717, 1.165) is 42.9 Å². The number of para-hydroxylation sites is 1. The predicted octanol–water partition coefficient (Wildman–Crippen LogP) is 4.09. The molecule has 156 valence electrons. The fraction of sp³-hybridized carbons (Fsp3) is 0.417. The monoisotopic (exact) mass is 403 g/mol. The van der Waals surface area contributed by atoms with Crippen LogP contribution in [0.2, 0.25) is 0 Å². The highest BCUT2D eigenvalue weighted by molar-refractivity contribution is 6.11. The van der Waals surface area contributed by atoms with Gasteiger partial charge in [0.05, 0.1) is 22.7 Å². The van der Waals surface area contributed by atoms with Crippen molar-refractivity contribution in [2.24, 2.45) is 16.6 Å². The maximum absolute atomic E-state index is 9.46. The highest BCUT2D eigenvalue weighted by Crippen LogP contribution is 2.46. The number of rotatable bonds is 6. The van der Waals surface area contributed by atoms with Crippen molar-refractivity contribution in [2.45, 2.75) is 51.7 Å². The van der Waals surface area contributed by atoms with Crippen molar-refractivity contribution in [2.75, 3.05) is 6.54 Å². The molecule has 3 aliphatic rings. The van der Waals surface area contributed by atoms with Crippen LogP contribution >= 0.6 is 0 Å². The molecule has 2 atom stereocenters. The summed E-state index contributed by atoms with van der Waals surface area (Å²) < 4.78 is 0. The summed E-state index contributed by atoms with van der Waals surface area (Å²) in [5.41, 5.74) is 9.15. The summed E-state index contributed by atoms with van der Waals surface area (Å²) in [5, 5.41) is 11.2. The summed E-state index contributed by atoms with van der Waals surface area (Å²) in [6.07, 6.45) is 10.9. The molecule has 0 bridgehead atoms. The van der Waals surface area contributed by atoms with Crippen LogP contribution in [0.15, 0.2) is 65.1 Å². The number of allylic oxidation sites excluding steroid dienone is 2. The Morgan fingerprint density at radius 1 is 1.33 bits per heavy atom. The van der Waals surface area contributed by atoms with Gasteiger partial charge in [-0.3, -0.25) is 9.89 Å². The van der Waals surface area contributed by atoms with E-state index in [2.05, 4.69) is 37.8 Å². The molecular formula is C24H29N5O. The van der Waals surface area contributed by atoms with Crippen LogP contribution in [-0.4, -0.2) is 33.9 Å². The number of nitrogens with two attached hydrogens (primary N) is 1. The van der Waals surface area contributed by atoms with E-state index in [4.69, 9.17) is 15.6 Å². The lowest BCUT2D eigenvalue weighted by Crippen LogP contribution is -2.60. The molecule has 1 aromatic carbocycles. The van der Waals surface area contributed by atoms with E-state index < -0.39 is 5.54 Å². The largest absolute Gasteiger partial charge is 0.397 e. The maximum Gasteiger partial charge on any atom is 0.173 e. The van der Waals surface area contributed by atoms with E-state index in [0.29, 0.717) is 17.2 Å². The smallest absolute Gasteiger partial charge is 0.173 e. The third-order valence-corrected chi connectivity index (χ3v) is 5.84. The Kier molecular flexibility index (Phi) is 5.40. The lowest BCUT2D eigenvalue weighted by molar-refractivity contribution is -0.0138. The lowest BCUT2D eigenvalue weighted by atomic mass is 9.78. The fourth-order valence-corrected chi connectivity index (χ4v) is 4.63. The second-order valence-electron chi connectivity index (χ2n) is 8.44. The van der Waals surface area contributed by atoms with Gasteiger partial charge in [-0.25, -0.2) is 0 Å². The third kappa shape index (κ3) is 3.20. The number of hydrogen-bond donors (Lipinski definition) is 1. The van der Waals surface area contributed by atoms with Crippen LogP contribution in [0.4, 0.5) is 0 Å². The summed E-state index contributed by atoms with van der Waals surface area (Å²) in [6, 6.07) is 9.49. The quantitative estimate of drug-likeness (QED) is 0.774. The Labute approximate surface area is 178 Å². The van der Waals surface area contributed by atoms with Gasteiger partial charge >= 0.3 is 0 Å². The van der Waals surface area contributed by atoms with Gasteiger partial charge in [0, 0.05) is 12.7 Å². The predicted molar refractivity (Wildman–Crippen MR) is 118 cm³/mol. The van der Waals surface area contributed by atoms with Crippen molar-refractivity contribution in [1.29, 1.82) is 5.26 Å². The Morgan fingerprint density at radius 3 is 2.87 bits per heavy atom. The van der Waals surface area contributed by atoms with Gasteiger partial charge in [0.2, 0.25) is 0 Å². The molecule has 1 aliphatic carbocycles. The standard InChI is InChI=1S/C24H29N5O/c1-4-8-22-27-23-19(26)11-12-21-24(23,28(22)16-17(2)3)13-7-14-29(21)30-20-10-6-5-9-18(20)15-25/h5-7,9-12,14,17,22H,4,8,13,16,26H2,1-3H3. The van der Waals surface area contributed by atoms with Crippen LogP contribution in [0.5, 0.6) is 5.75 Å². The van der Waals surface area contributed by atoms with Crippen LogP contribution < -0.4 is 10.6 Å². The third-order valence-electron chi connectivity index (χ3n) is 5.84. The Balaban J connectivity index is 1.78. The van der Waals surface area contributed by atoms with Crippen molar-refractivity contribution in [3.63, 3.8) is 0 Å². The molecule has 2 heterocycles. The number of benzene rings is 1. The fourth-order valence-electron chi connectivity index (χ4n) is 4.63. The molecule has 4 rings (SSSR count). The first-order valence-corrected chi connectivity index (χ1v) is 10.7. The minimum absolute atomic E-state index is 0.0978. The minimum atomic E-state index is -0.445. The molecule has 6 heteroatoms. The second-order valence-corrected chi connectivity index (χ2v) is 8.44. The molecule has 2 N–H and O–H groups in total. The first-order chi connectivity index (χ1) is 14.5. The zero-order valence-corrected chi connectivity index (χ0v) is 17.9. The number of hydroxylamine groups is 2. The van der Waals surface area contributed by atoms with Gasteiger partial charge in [-0.05, 0) is 43.0 Å². The van der Waals surface area contributed by atoms with E-state index >= 15 is 0 Å². The summed E-state index contributed by atoms with van der Waals surface area (Å²) in [5.74, 6) is 1.02. The van der Waals surface area contributed by atoms with Gasteiger partial charge < -0.3 is 10.6 Å². The van der Waals surface area contributed by atoms with E-state index in [1.165, 1.54) is 0 Å². The first-order valence-electron chi connectivity index (χ1n) is 10.7. The molecule has 30 heavy (non-hydrogen) atoms. The zero-order chi connectivity index (χ0) is 21.3. The summed E-state index contributed by atoms with van der Waals surface area (Å²) in [7, 11) is 0. The first kappa shape index (κ1) is 20.2. The number of hydrogen-bond acceptors (Lipinski definition) is 6. The molecular weight excluding hydrogens is 374 g/mol. The molecule has 0 fully saturated rings. The molecule has 2 unspecified atom stereocenters. The average molecular weight is 404 g/mol. The van der Waals surface area contributed by atoms with Crippen molar-refractivity contribution in [3.05, 3.63) is 65.7 Å². The molecule has 0 amide bonds. The number of aliphatic imine (C=N–C) groups is 1. The SMILES string of the molecule is CCCC1N=C2C(N)=CC=C3N(Oc4ccccc4C#N)C=CCC32N1CC(C)C. The summed E-state index contributed by atoms with van der Waals surface area (Å²) >= 11 is 0. The topological polar surface area (TPSA) is 77.9 Å². The minimum Gasteiger partial charge on any atom is -0.397 e. The molecule has 6 nitrogen and oxygen atoms in total. The molecule has 0 saturated carbocycles. The highest BCUT2D eigenvalue weighted by Gasteiger charge is 2.56. The van der Waals surface area contributed by atoms with Crippen molar-refractivity contribution in [1.82, 2.24) is 9.96 Å². The molecule has 0 aromatic heterocycles. The highest BCUT2D eigenvalue weighted by atomic mass is 16.7. The Morgan fingerprint density at radius 2 is 2.13 bits per heavy atom. The van der Waals surface area contributed by atoms with Crippen LogP contribution in [0.3, 0.4) is 0 Å².